The second-order valence-electron chi connectivity index (χ2n) is 7.75. The van der Waals surface area contributed by atoms with Crippen molar-refractivity contribution in [1.29, 1.82) is 0 Å². The number of hydrogen-bond donors (Lipinski definition) is 2. The van der Waals surface area contributed by atoms with Crippen molar-refractivity contribution in [2.75, 3.05) is 0 Å². The fourth-order valence-corrected chi connectivity index (χ4v) is 3.82. The minimum atomic E-state index is -0.300. The first-order chi connectivity index (χ1) is 13.4. The van der Waals surface area contributed by atoms with Gasteiger partial charge in [-0.1, -0.05) is 44.2 Å². The van der Waals surface area contributed by atoms with Crippen LogP contribution in [-0.2, 0) is 0 Å². The third-order valence-electron chi connectivity index (χ3n) is 5.68. The zero-order chi connectivity index (χ0) is 20.3. The maximum absolute atomic E-state index is 13.0. The van der Waals surface area contributed by atoms with E-state index in [1.165, 1.54) is 0 Å². The largest absolute Gasteiger partial charge is 0.393 e. The van der Waals surface area contributed by atoms with E-state index in [0.29, 0.717) is 24.2 Å². The van der Waals surface area contributed by atoms with Crippen molar-refractivity contribution in [2.45, 2.75) is 64.6 Å². The van der Waals surface area contributed by atoms with E-state index in [1.807, 2.05) is 44.2 Å². The molecule has 0 spiro atoms. The standard InChI is InChI=1S/C22H29N3O3/c1-4-20(26)18-13-19(22(28)23-17-10-11-21(27)14(2)12-17)25(24-18)15(3)16-8-6-5-7-9-16/h5-9,13-15,17,21,27H,4,10-12H2,1-3H3,(H,23,28)/t14-,15-,17-,21-/m0/s1. The molecule has 0 saturated heterocycles. The summed E-state index contributed by atoms with van der Waals surface area (Å²) in [7, 11) is 0. The summed E-state index contributed by atoms with van der Waals surface area (Å²) in [5.41, 5.74) is 1.74. The number of hydrogen-bond acceptors (Lipinski definition) is 4. The lowest BCUT2D eigenvalue weighted by molar-refractivity contribution is 0.0612. The first-order valence-corrected chi connectivity index (χ1v) is 10.1. The molecular weight excluding hydrogens is 354 g/mol. The van der Waals surface area contributed by atoms with Crippen LogP contribution in [0.1, 0.15) is 79.0 Å². The van der Waals surface area contributed by atoms with Gasteiger partial charge in [0.1, 0.15) is 11.4 Å². The number of nitrogens with zero attached hydrogens (tertiary/aromatic N) is 2. The third kappa shape index (κ3) is 4.33. The molecule has 28 heavy (non-hydrogen) atoms. The smallest absolute Gasteiger partial charge is 0.269 e. The maximum atomic E-state index is 13.0. The second kappa shape index (κ2) is 8.69. The molecule has 4 atom stereocenters. The molecule has 2 N–H and O–H groups in total. The Labute approximate surface area is 166 Å². The number of benzene rings is 1. The first kappa shape index (κ1) is 20.3. The Morgan fingerprint density at radius 2 is 2.00 bits per heavy atom. The van der Waals surface area contributed by atoms with E-state index in [1.54, 1.807) is 17.7 Å². The lowest BCUT2D eigenvalue weighted by atomic mass is 9.84. The minimum Gasteiger partial charge on any atom is -0.393 e. The van der Waals surface area contributed by atoms with Crippen LogP contribution < -0.4 is 5.32 Å². The third-order valence-corrected chi connectivity index (χ3v) is 5.68. The second-order valence-corrected chi connectivity index (χ2v) is 7.75. The van der Waals surface area contributed by atoms with Gasteiger partial charge >= 0.3 is 0 Å². The number of amides is 1. The van der Waals surface area contributed by atoms with Crippen molar-refractivity contribution in [3.63, 3.8) is 0 Å². The first-order valence-electron chi connectivity index (χ1n) is 10.1. The van der Waals surface area contributed by atoms with E-state index in [0.717, 1.165) is 18.4 Å². The van der Waals surface area contributed by atoms with E-state index in [-0.39, 0.29) is 35.8 Å². The Bertz CT molecular complexity index is 831. The number of Topliss-reactive ketones (excluding diaryl/α,β-unsaturated/α-hetero) is 1. The quantitative estimate of drug-likeness (QED) is 0.749. The van der Waals surface area contributed by atoms with Gasteiger partial charge in [-0.2, -0.15) is 5.10 Å². The van der Waals surface area contributed by atoms with Crippen LogP contribution in [0.4, 0.5) is 0 Å². The Morgan fingerprint density at radius 3 is 2.64 bits per heavy atom. The van der Waals surface area contributed by atoms with Crippen LogP contribution in [0.2, 0.25) is 0 Å². The molecule has 1 aromatic heterocycles. The molecule has 6 nitrogen and oxygen atoms in total. The van der Waals surface area contributed by atoms with Crippen molar-refractivity contribution in [3.05, 3.63) is 53.3 Å². The normalized spacial score (nSPS) is 23.2. The molecule has 0 radical (unpaired) electrons. The molecular formula is C22H29N3O3. The topological polar surface area (TPSA) is 84.2 Å². The molecule has 1 aromatic carbocycles. The summed E-state index contributed by atoms with van der Waals surface area (Å²) >= 11 is 0. The monoisotopic (exact) mass is 383 g/mol. The Balaban J connectivity index is 1.87. The number of nitrogens with one attached hydrogen (secondary N) is 1. The van der Waals surface area contributed by atoms with Crippen molar-refractivity contribution in [1.82, 2.24) is 15.1 Å². The van der Waals surface area contributed by atoms with Crippen LogP contribution in [0.5, 0.6) is 0 Å². The van der Waals surface area contributed by atoms with Gasteiger partial charge in [0.15, 0.2) is 5.78 Å². The summed E-state index contributed by atoms with van der Waals surface area (Å²) in [6.45, 7) is 5.76. The molecule has 1 heterocycles. The van der Waals surface area contributed by atoms with Crippen LogP contribution in [-0.4, -0.2) is 38.7 Å². The number of ketones is 1. The van der Waals surface area contributed by atoms with E-state index >= 15 is 0 Å². The van der Waals surface area contributed by atoms with Crippen LogP contribution in [0, 0.1) is 5.92 Å². The van der Waals surface area contributed by atoms with Gasteiger partial charge < -0.3 is 10.4 Å². The van der Waals surface area contributed by atoms with Gasteiger partial charge in [0.25, 0.3) is 5.91 Å². The zero-order valence-corrected chi connectivity index (χ0v) is 16.8. The van der Waals surface area contributed by atoms with Crippen molar-refractivity contribution in [3.8, 4) is 0 Å². The van der Waals surface area contributed by atoms with Crippen molar-refractivity contribution < 1.29 is 14.7 Å². The molecule has 1 amide bonds. The summed E-state index contributed by atoms with van der Waals surface area (Å²) < 4.78 is 1.65. The lowest BCUT2D eigenvalue weighted by Crippen LogP contribution is -2.42. The highest BCUT2D eigenvalue weighted by Gasteiger charge is 2.29. The summed E-state index contributed by atoms with van der Waals surface area (Å²) in [5.74, 6) is -0.147. The number of aliphatic hydroxyl groups excluding tert-OH is 1. The fraction of sp³-hybridized carbons (Fsp3) is 0.500. The predicted octanol–water partition coefficient (Wildman–Crippen LogP) is 3.36. The van der Waals surface area contributed by atoms with Gasteiger partial charge in [-0.25, -0.2) is 0 Å². The number of aromatic nitrogens is 2. The molecule has 0 aliphatic heterocycles. The molecule has 150 valence electrons. The van der Waals surface area contributed by atoms with Gasteiger partial charge in [0.2, 0.25) is 0 Å². The molecule has 3 rings (SSSR count). The van der Waals surface area contributed by atoms with E-state index < -0.39 is 0 Å². The average molecular weight is 383 g/mol. The van der Waals surface area contributed by atoms with E-state index in [9.17, 15) is 14.7 Å². The lowest BCUT2D eigenvalue weighted by Gasteiger charge is -2.31. The average Bonchev–Trinajstić information content (AvgIpc) is 3.16. The highest BCUT2D eigenvalue weighted by Crippen LogP contribution is 2.25. The van der Waals surface area contributed by atoms with Gasteiger partial charge in [-0.05, 0) is 37.7 Å². The summed E-state index contributed by atoms with van der Waals surface area (Å²) in [6, 6.07) is 11.3. The SMILES string of the molecule is CCC(=O)c1cc(C(=O)N[C@H]2CC[C@H](O)[C@@H](C)C2)n([C@@H](C)c2ccccc2)n1. The molecule has 1 saturated carbocycles. The van der Waals surface area contributed by atoms with Crippen LogP contribution in [0.15, 0.2) is 36.4 Å². The Morgan fingerprint density at radius 1 is 1.29 bits per heavy atom. The molecule has 2 aromatic rings. The molecule has 0 bridgehead atoms. The minimum absolute atomic E-state index is 0.0200. The summed E-state index contributed by atoms with van der Waals surface area (Å²) in [5, 5.41) is 17.5. The highest BCUT2D eigenvalue weighted by atomic mass is 16.3. The molecule has 1 fully saturated rings. The molecule has 1 aliphatic carbocycles. The van der Waals surface area contributed by atoms with E-state index in [4.69, 9.17) is 0 Å². The zero-order valence-electron chi connectivity index (χ0n) is 16.8. The van der Waals surface area contributed by atoms with Crippen LogP contribution in [0.25, 0.3) is 0 Å². The Kier molecular flexibility index (Phi) is 6.29. The predicted molar refractivity (Wildman–Crippen MR) is 107 cm³/mol. The van der Waals surface area contributed by atoms with Gasteiger partial charge in [-0.15, -0.1) is 0 Å². The number of carbonyl (C=O) groups is 2. The number of carbonyl (C=O) groups excluding carboxylic acids is 2. The fourth-order valence-electron chi connectivity index (χ4n) is 3.82. The van der Waals surface area contributed by atoms with Gasteiger partial charge in [0.05, 0.1) is 12.1 Å². The van der Waals surface area contributed by atoms with Crippen molar-refractivity contribution in [2.24, 2.45) is 5.92 Å². The summed E-state index contributed by atoms with van der Waals surface area (Å²) in [4.78, 5) is 25.2. The molecule has 1 aliphatic rings. The maximum Gasteiger partial charge on any atom is 0.269 e. The van der Waals surface area contributed by atoms with Crippen LogP contribution in [0.3, 0.4) is 0 Å². The number of rotatable bonds is 6. The van der Waals surface area contributed by atoms with Crippen LogP contribution >= 0.6 is 0 Å². The molecule has 0 unspecified atom stereocenters. The number of aliphatic hydroxyl groups is 1. The van der Waals surface area contributed by atoms with Gasteiger partial charge in [0, 0.05) is 18.5 Å². The van der Waals surface area contributed by atoms with Crippen molar-refractivity contribution >= 4 is 11.7 Å². The summed E-state index contributed by atoms with van der Waals surface area (Å²) in [6.07, 6.45) is 2.22. The Hall–Kier alpha value is -2.47. The van der Waals surface area contributed by atoms with E-state index in [2.05, 4.69) is 10.4 Å². The highest BCUT2D eigenvalue weighted by molar-refractivity contribution is 5.98. The molecule has 6 heteroatoms. The van der Waals surface area contributed by atoms with Gasteiger partial charge in [-0.3, -0.25) is 14.3 Å².